The topological polar surface area (TPSA) is 52.6 Å². The van der Waals surface area contributed by atoms with E-state index in [4.69, 9.17) is 9.47 Å². The summed E-state index contributed by atoms with van der Waals surface area (Å²) in [6, 6.07) is 11.5. The molecule has 2 aromatic rings. The molecule has 344 valence electrons. The van der Waals surface area contributed by atoms with Crippen LogP contribution >= 0.6 is 0 Å². The summed E-state index contributed by atoms with van der Waals surface area (Å²) in [5.74, 6) is 0.124. The summed E-state index contributed by atoms with van der Waals surface area (Å²) in [5, 5.41) is 1.54. The Balaban J connectivity index is 2.02. The van der Waals surface area contributed by atoms with Crippen LogP contribution in [0.25, 0.3) is 10.8 Å². The molecule has 0 N–H and O–H groups in total. The van der Waals surface area contributed by atoms with Crippen molar-refractivity contribution in [2.75, 3.05) is 13.2 Å². The molecule has 0 aliphatic heterocycles. The Morgan fingerprint density at radius 1 is 0.367 bits per heavy atom. The average Bonchev–Trinajstić information content (AvgIpc) is 3.26. The van der Waals surface area contributed by atoms with Crippen molar-refractivity contribution in [2.24, 2.45) is 11.8 Å². The van der Waals surface area contributed by atoms with Gasteiger partial charge in [-0.2, -0.15) is 0 Å². The van der Waals surface area contributed by atoms with Gasteiger partial charge in [0, 0.05) is 5.39 Å². The molecule has 0 saturated carbocycles. The van der Waals surface area contributed by atoms with Crippen LogP contribution in [0.2, 0.25) is 0 Å². The second-order valence-electron chi connectivity index (χ2n) is 18.7. The van der Waals surface area contributed by atoms with Gasteiger partial charge in [0.25, 0.3) is 0 Å². The van der Waals surface area contributed by atoms with Crippen LogP contribution in [0.1, 0.15) is 280 Å². The third kappa shape index (κ3) is 26.2. The van der Waals surface area contributed by atoms with Gasteiger partial charge in [0.15, 0.2) is 0 Å². The minimum absolute atomic E-state index is 0.319. The largest absolute Gasteiger partial charge is 0.462 e. The molecule has 0 fully saturated rings. The van der Waals surface area contributed by atoms with Crippen LogP contribution in [0.4, 0.5) is 0 Å². The van der Waals surface area contributed by atoms with Gasteiger partial charge in [-0.25, -0.2) is 9.59 Å². The molecule has 0 heterocycles. The normalized spacial score (nSPS) is 12.5. The number of carbonyl (C=O) groups excluding carboxylic acids is 2. The fourth-order valence-corrected chi connectivity index (χ4v) is 9.11. The number of carbonyl (C=O) groups is 2. The molecule has 2 rings (SSSR count). The molecule has 0 amide bonds. The first-order valence-corrected chi connectivity index (χ1v) is 26.4. The second kappa shape index (κ2) is 38.3. The lowest BCUT2D eigenvalue weighted by molar-refractivity contribution is 0.0424. The van der Waals surface area contributed by atoms with E-state index in [0.717, 1.165) is 31.1 Å². The lowest BCUT2D eigenvalue weighted by atomic mass is 9.94. The Hall–Kier alpha value is -2.36. The number of unbranched alkanes of at least 4 members (excludes halogenated alkanes) is 28. The van der Waals surface area contributed by atoms with Crippen molar-refractivity contribution in [1.82, 2.24) is 0 Å². The first kappa shape index (κ1) is 53.8. The van der Waals surface area contributed by atoms with Crippen LogP contribution in [0.3, 0.4) is 0 Å². The Labute approximate surface area is 371 Å². The Bertz CT molecular complexity index is 1300. The van der Waals surface area contributed by atoms with Gasteiger partial charge in [0.2, 0.25) is 0 Å². The molecule has 0 aliphatic rings. The van der Waals surface area contributed by atoms with Crippen molar-refractivity contribution in [3.63, 3.8) is 0 Å². The molecular formula is C56H96O4. The maximum Gasteiger partial charge on any atom is 0.338 e. The standard InChI is InChI=1S/C56H96O4/c1-5-9-13-17-21-24-25-28-32-36-42-50(41-35-31-27-23-19-15-11-7-3)48-60-56(58)53-46-38-44-51-43-37-45-52(54(51)53)55(57)59-47-49(39-33-29-20-16-12-8-4)40-34-30-26-22-18-14-10-6-2/h37-38,43-46,49-50H,5-36,39-42,47-48H2,1-4H3. The van der Waals surface area contributed by atoms with Crippen LogP contribution < -0.4 is 0 Å². The lowest BCUT2D eigenvalue weighted by Gasteiger charge is -2.19. The number of ether oxygens (including phenoxy) is 2. The number of fused-ring (bicyclic) bond motifs is 1. The van der Waals surface area contributed by atoms with E-state index in [-0.39, 0.29) is 11.9 Å². The molecule has 0 aliphatic carbocycles. The maximum atomic E-state index is 13.9. The van der Waals surface area contributed by atoms with Crippen molar-refractivity contribution < 1.29 is 19.1 Å². The molecule has 60 heavy (non-hydrogen) atoms. The van der Waals surface area contributed by atoms with Gasteiger partial charge in [-0.05, 0) is 55.0 Å². The highest BCUT2D eigenvalue weighted by Crippen LogP contribution is 2.28. The average molecular weight is 833 g/mol. The number of hydrogen-bond acceptors (Lipinski definition) is 4. The highest BCUT2D eigenvalue weighted by molar-refractivity contribution is 6.13. The Kier molecular flexibility index (Phi) is 34.3. The molecule has 0 aromatic heterocycles. The smallest absolute Gasteiger partial charge is 0.338 e. The zero-order chi connectivity index (χ0) is 43.1. The maximum absolute atomic E-state index is 13.9. The summed E-state index contributed by atoms with van der Waals surface area (Å²) in [7, 11) is 0. The van der Waals surface area contributed by atoms with E-state index in [1.165, 1.54) is 205 Å². The molecule has 4 nitrogen and oxygen atoms in total. The molecule has 2 aromatic carbocycles. The van der Waals surface area contributed by atoms with Crippen molar-refractivity contribution in [1.29, 1.82) is 0 Å². The Morgan fingerprint density at radius 3 is 0.883 bits per heavy atom. The van der Waals surface area contributed by atoms with Crippen LogP contribution in [-0.2, 0) is 9.47 Å². The van der Waals surface area contributed by atoms with E-state index in [9.17, 15) is 9.59 Å². The van der Waals surface area contributed by atoms with Crippen LogP contribution in [0, 0.1) is 11.8 Å². The van der Waals surface area contributed by atoms with Gasteiger partial charge in [-0.15, -0.1) is 0 Å². The number of benzene rings is 2. The van der Waals surface area contributed by atoms with Gasteiger partial charge in [-0.3, -0.25) is 0 Å². The molecule has 0 saturated heterocycles. The summed E-state index contributed by atoms with van der Waals surface area (Å²) in [4.78, 5) is 27.8. The minimum Gasteiger partial charge on any atom is -0.462 e. The second-order valence-corrected chi connectivity index (χ2v) is 18.7. The predicted octanol–water partition coefficient (Wildman–Crippen LogP) is 18.5. The fraction of sp³-hybridized carbons (Fsp3) is 0.786. The number of rotatable bonds is 42. The molecule has 2 atom stereocenters. The van der Waals surface area contributed by atoms with Gasteiger partial charge < -0.3 is 9.47 Å². The number of esters is 2. The van der Waals surface area contributed by atoms with Crippen molar-refractivity contribution in [3.05, 3.63) is 47.5 Å². The fourth-order valence-electron chi connectivity index (χ4n) is 9.11. The Morgan fingerprint density at radius 2 is 0.617 bits per heavy atom. The summed E-state index contributed by atoms with van der Waals surface area (Å²) in [6.45, 7) is 10.0. The predicted molar refractivity (Wildman–Crippen MR) is 260 cm³/mol. The van der Waals surface area contributed by atoms with Crippen molar-refractivity contribution >= 4 is 22.7 Å². The molecule has 0 spiro atoms. The van der Waals surface area contributed by atoms with Crippen LogP contribution in [0.5, 0.6) is 0 Å². The van der Waals surface area contributed by atoms with Crippen molar-refractivity contribution in [3.8, 4) is 0 Å². The SMILES string of the molecule is CCCCCCCCCCCCC(CCCCCCCCCC)COC(=O)c1cccc2cccc(C(=O)OCC(CCCCCCCC)CCCCCCCCCC)c12. The first-order valence-electron chi connectivity index (χ1n) is 26.4. The molecule has 0 radical (unpaired) electrons. The van der Waals surface area contributed by atoms with E-state index in [2.05, 4.69) is 27.7 Å². The van der Waals surface area contributed by atoms with E-state index >= 15 is 0 Å². The van der Waals surface area contributed by atoms with Gasteiger partial charge in [0.1, 0.15) is 0 Å². The van der Waals surface area contributed by atoms with Gasteiger partial charge >= 0.3 is 11.9 Å². The van der Waals surface area contributed by atoms with Crippen LogP contribution in [0.15, 0.2) is 36.4 Å². The van der Waals surface area contributed by atoms with E-state index < -0.39 is 0 Å². The molecular weight excluding hydrogens is 737 g/mol. The number of hydrogen-bond donors (Lipinski definition) is 0. The summed E-state index contributed by atoms with van der Waals surface area (Å²) in [5.41, 5.74) is 0.957. The monoisotopic (exact) mass is 833 g/mol. The minimum atomic E-state index is -0.321. The first-order chi connectivity index (χ1) is 29.5. The zero-order valence-corrected chi connectivity index (χ0v) is 40.1. The molecule has 4 heteroatoms. The highest BCUT2D eigenvalue weighted by Gasteiger charge is 2.22. The van der Waals surface area contributed by atoms with Crippen LogP contribution in [-0.4, -0.2) is 25.2 Å². The van der Waals surface area contributed by atoms with Crippen molar-refractivity contribution in [2.45, 2.75) is 259 Å². The van der Waals surface area contributed by atoms with Gasteiger partial charge in [0.05, 0.1) is 24.3 Å². The third-order valence-electron chi connectivity index (χ3n) is 13.1. The summed E-state index contributed by atoms with van der Waals surface area (Å²) >= 11 is 0. The van der Waals surface area contributed by atoms with Gasteiger partial charge in [-0.1, -0.05) is 257 Å². The van der Waals surface area contributed by atoms with E-state index in [1.807, 2.05) is 36.4 Å². The summed E-state index contributed by atoms with van der Waals surface area (Å²) in [6.07, 6.45) is 46.4. The lowest BCUT2D eigenvalue weighted by Crippen LogP contribution is -2.17. The highest BCUT2D eigenvalue weighted by atomic mass is 16.5. The molecule has 0 bridgehead atoms. The summed E-state index contributed by atoms with van der Waals surface area (Å²) < 4.78 is 12.3. The zero-order valence-electron chi connectivity index (χ0n) is 40.1. The van der Waals surface area contributed by atoms with E-state index in [1.54, 1.807) is 0 Å². The quantitative estimate of drug-likeness (QED) is 0.0494. The van der Waals surface area contributed by atoms with E-state index in [0.29, 0.717) is 41.6 Å². The third-order valence-corrected chi connectivity index (χ3v) is 13.1. The molecule has 2 unspecified atom stereocenters.